The number of methoxy groups -OCH3 is 1. The summed E-state index contributed by atoms with van der Waals surface area (Å²) in [7, 11) is 1.38. The molecule has 1 aliphatic rings. The van der Waals surface area contributed by atoms with Crippen molar-refractivity contribution in [3.05, 3.63) is 35.5 Å². The Bertz CT molecular complexity index is 454. The van der Waals surface area contributed by atoms with Crippen LogP contribution in [0.3, 0.4) is 0 Å². The van der Waals surface area contributed by atoms with Crippen molar-refractivity contribution >= 4 is 11.8 Å². The number of hydrogen-bond donors (Lipinski definition) is 0. The SMILES string of the molecule is COC(=O)c1ccnc(N2CC=C(C)CC2)c1. The van der Waals surface area contributed by atoms with Gasteiger partial charge in [-0.25, -0.2) is 9.78 Å². The lowest BCUT2D eigenvalue weighted by atomic mass is 10.1. The first kappa shape index (κ1) is 11.6. The normalized spacial score (nSPS) is 15.4. The summed E-state index contributed by atoms with van der Waals surface area (Å²) in [6.07, 6.45) is 4.88. The van der Waals surface area contributed by atoms with Gasteiger partial charge in [-0.3, -0.25) is 0 Å². The predicted octanol–water partition coefficient (Wildman–Crippen LogP) is 2.02. The Hall–Kier alpha value is -1.84. The highest BCUT2D eigenvalue weighted by molar-refractivity contribution is 5.90. The molecule has 1 aromatic rings. The molecule has 0 N–H and O–H groups in total. The Morgan fingerprint density at radius 3 is 3.00 bits per heavy atom. The average Bonchev–Trinajstić information content (AvgIpc) is 2.39. The largest absolute Gasteiger partial charge is 0.465 e. The number of ether oxygens (including phenoxy) is 1. The summed E-state index contributed by atoms with van der Waals surface area (Å²) in [5, 5.41) is 0. The minimum absolute atomic E-state index is 0.322. The molecule has 4 nitrogen and oxygen atoms in total. The topological polar surface area (TPSA) is 42.4 Å². The van der Waals surface area contributed by atoms with Crippen LogP contribution in [-0.2, 0) is 4.74 Å². The van der Waals surface area contributed by atoms with Gasteiger partial charge in [0.05, 0.1) is 12.7 Å². The molecule has 0 fully saturated rings. The van der Waals surface area contributed by atoms with Gasteiger partial charge in [0.15, 0.2) is 0 Å². The van der Waals surface area contributed by atoms with Crippen molar-refractivity contribution < 1.29 is 9.53 Å². The van der Waals surface area contributed by atoms with E-state index in [4.69, 9.17) is 4.74 Å². The second kappa shape index (κ2) is 4.99. The lowest BCUT2D eigenvalue weighted by Gasteiger charge is -2.26. The van der Waals surface area contributed by atoms with Crippen LogP contribution in [-0.4, -0.2) is 31.2 Å². The van der Waals surface area contributed by atoms with E-state index in [1.165, 1.54) is 12.7 Å². The Labute approximate surface area is 101 Å². The van der Waals surface area contributed by atoms with E-state index in [0.29, 0.717) is 5.56 Å². The molecular weight excluding hydrogens is 216 g/mol. The summed E-state index contributed by atoms with van der Waals surface area (Å²) in [4.78, 5) is 17.9. The van der Waals surface area contributed by atoms with Crippen LogP contribution in [0, 0.1) is 0 Å². The number of rotatable bonds is 2. The van der Waals surface area contributed by atoms with Crippen molar-refractivity contribution in [2.45, 2.75) is 13.3 Å². The van der Waals surface area contributed by atoms with E-state index in [2.05, 4.69) is 22.9 Å². The number of pyridine rings is 1. The van der Waals surface area contributed by atoms with Crippen molar-refractivity contribution in [1.29, 1.82) is 0 Å². The van der Waals surface area contributed by atoms with Crippen molar-refractivity contribution in [3.63, 3.8) is 0 Å². The molecule has 0 unspecified atom stereocenters. The van der Waals surface area contributed by atoms with Gasteiger partial charge in [-0.2, -0.15) is 0 Å². The van der Waals surface area contributed by atoms with Crippen LogP contribution in [0.4, 0.5) is 5.82 Å². The molecular formula is C13H16N2O2. The Morgan fingerprint density at radius 2 is 2.35 bits per heavy atom. The fourth-order valence-electron chi connectivity index (χ4n) is 1.81. The van der Waals surface area contributed by atoms with Crippen LogP contribution >= 0.6 is 0 Å². The molecule has 17 heavy (non-hydrogen) atoms. The Kier molecular flexibility index (Phi) is 3.42. The highest BCUT2D eigenvalue weighted by Crippen LogP contribution is 2.18. The molecule has 0 atom stereocenters. The number of carbonyl (C=O) groups excluding carboxylic acids is 1. The first-order valence-electron chi connectivity index (χ1n) is 5.65. The van der Waals surface area contributed by atoms with Gasteiger partial charge in [0, 0.05) is 19.3 Å². The fraction of sp³-hybridized carbons (Fsp3) is 0.385. The Morgan fingerprint density at radius 1 is 1.53 bits per heavy atom. The number of nitrogens with zero attached hydrogens (tertiary/aromatic N) is 2. The molecule has 2 rings (SSSR count). The molecule has 1 aromatic heterocycles. The van der Waals surface area contributed by atoms with Gasteiger partial charge in [0.1, 0.15) is 5.82 Å². The second-order valence-electron chi connectivity index (χ2n) is 4.14. The van der Waals surface area contributed by atoms with Crippen molar-refractivity contribution in [3.8, 4) is 0 Å². The molecule has 0 saturated carbocycles. The van der Waals surface area contributed by atoms with E-state index in [9.17, 15) is 4.79 Å². The van der Waals surface area contributed by atoms with Gasteiger partial charge in [0.2, 0.25) is 0 Å². The quantitative estimate of drug-likeness (QED) is 0.578. The summed E-state index contributed by atoms with van der Waals surface area (Å²) in [6.45, 7) is 3.93. The van der Waals surface area contributed by atoms with Crippen LogP contribution in [0.1, 0.15) is 23.7 Å². The number of aromatic nitrogens is 1. The van der Waals surface area contributed by atoms with E-state index in [-0.39, 0.29) is 5.97 Å². The standard InChI is InChI=1S/C13H16N2O2/c1-10-4-7-15(8-5-10)12-9-11(3-6-14-12)13(16)17-2/h3-4,6,9H,5,7-8H2,1-2H3. The fourth-order valence-corrected chi connectivity index (χ4v) is 1.81. The van der Waals surface area contributed by atoms with E-state index < -0.39 is 0 Å². The smallest absolute Gasteiger partial charge is 0.338 e. The molecule has 90 valence electrons. The molecule has 0 bridgehead atoms. The van der Waals surface area contributed by atoms with Crippen LogP contribution in [0.2, 0.25) is 0 Å². The molecule has 0 radical (unpaired) electrons. The maximum atomic E-state index is 11.4. The third-order valence-electron chi connectivity index (χ3n) is 2.93. The monoisotopic (exact) mass is 232 g/mol. The Balaban J connectivity index is 2.19. The van der Waals surface area contributed by atoms with Crippen LogP contribution < -0.4 is 4.90 Å². The molecule has 0 spiro atoms. The number of carbonyl (C=O) groups is 1. The van der Waals surface area contributed by atoms with E-state index >= 15 is 0 Å². The minimum Gasteiger partial charge on any atom is -0.465 e. The highest BCUT2D eigenvalue weighted by Gasteiger charge is 2.13. The maximum Gasteiger partial charge on any atom is 0.338 e. The molecule has 0 saturated heterocycles. The highest BCUT2D eigenvalue weighted by atomic mass is 16.5. The summed E-state index contributed by atoms with van der Waals surface area (Å²) in [5.41, 5.74) is 1.95. The molecule has 1 aliphatic heterocycles. The third-order valence-corrected chi connectivity index (χ3v) is 2.93. The zero-order valence-corrected chi connectivity index (χ0v) is 10.1. The molecule has 0 aromatic carbocycles. The third kappa shape index (κ3) is 2.64. The van der Waals surface area contributed by atoms with Gasteiger partial charge in [0.25, 0.3) is 0 Å². The lowest BCUT2D eigenvalue weighted by molar-refractivity contribution is 0.0600. The molecule has 0 aliphatic carbocycles. The molecule has 2 heterocycles. The molecule has 4 heteroatoms. The van der Waals surface area contributed by atoms with Crippen LogP contribution in [0.15, 0.2) is 30.0 Å². The lowest BCUT2D eigenvalue weighted by Crippen LogP contribution is -2.29. The van der Waals surface area contributed by atoms with Crippen molar-refractivity contribution in [1.82, 2.24) is 4.98 Å². The number of anilines is 1. The summed E-state index contributed by atoms with van der Waals surface area (Å²) < 4.78 is 4.70. The van der Waals surface area contributed by atoms with E-state index in [0.717, 1.165) is 25.3 Å². The van der Waals surface area contributed by atoms with E-state index in [1.54, 1.807) is 18.3 Å². The first-order valence-corrected chi connectivity index (χ1v) is 5.65. The van der Waals surface area contributed by atoms with E-state index in [1.807, 2.05) is 0 Å². The predicted molar refractivity (Wildman–Crippen MR) is 66.2 cm³/mol. The zero-order chi connectivity index (χ0) is 12.3. The van der Waals surface area contributed by atoms with Crippen molar-refractivity contribution in [2.75, 3.05) is 25.1 Å². The maximum absolute atomic E-state index is 11.4. The van der Waals surface area contributed by atoms with Crippen LogP contribution in [0.25, 0.3) is 0 Å². The van der Waals surface area contributed by atoms with Gasteiger partial charge in [-0.1, -0.05) is 11.6 Å². The zero-order valence-electron chi connectivity index (χ0n) is 10.1. The van der Waals surface area contributed by atoms with Gasteiger partial charge >= 0.3 is 5.97 Å². The number of hydrogen-bond acceptors (Lipinski definition) is 4. The summed E-state index contributed by atoms with van der Waals surface area (Å²) in [6, 6.07) is 3.45. The van der Waals surface area contributed by atoms with Gasteiger partial charge < -0.3 is 9.64 Å². The first-order chi connectivity index (χ1) is 8.20. The second-order valence-corrected chi connectivity index (χ2v) is 4.14. The minimum atomic E-state index is -0.322. The van der Waals surface area contributed by atoms with Crippen molar-refractivity contribution in [2.24, 2.45) is 0 Å². The van der Waals surface area contributed by atoms with Crippen LogP contribution in [0.5, 0.6) is 0 Å². The average molecular weight is 232 g/mol. The number of esters is 1. The van der Waals surface area contributed by atoms with Gasteiger partial charge in [-0.05, 0) is 25.5 Å². The molecule has 0 amide bonds. The summed E-state index contributed by atoms with van der Waals surface area (Å²) >= 11 is 0. The summed E-state index contributed by atoms with van der Waals surface area (Å²) in [5.74, 6) is 0.508. The van der Waals surface area contributed by atoms with Gasteiger partial charge in [-0.15, -0.1) is 0 Å².